The van der Waals surface area contributed by atoms with Gasteiger partial charge in [0.25, 0.3) is 5.91 Å². The summed E-state index contributed by atoms with van der Waals surface area (Å²) in [4.78, 5) is 12.4. The van der Waals surface area contributed by atoms with E-state index in [9.17, 15) is 4.79 Å². The van der Waals surface area contributed by atoms with Crippen molar-refractivity contribution in [3.8, 4) is 11.1 Å². The van der Waals surface area contributed by atoms with Crippen LogP contribution in [-0.4, -0.2) is 33.1 Å². The molecule has 2 aromatic heterocycles. The van der Waals surface area contributed by atoms with Gasteiger partial charge in [-0.3, -0.25) is 9.20 Å². The van der Waals surface area contributed by atoms with Crippen LogP contribution in [0.5, 0.6) is 0 Å². The Morgan fingerprint density at radius 2 is 2.00 bits per heavy atom. The van der Waals surface area contributed by atoms with E-state index in [1.54, 1.807) is 0 Å². The second kappa shape index (κ2) is 6.37. The van der Waals surface area contributed by atoms with Crippen molar-refractivity contribution >= 4 is 17.5 Å². The van der Waals surface area contributed by atoms with Gasteiger partial charge in [0.15, 0.2) is 5.65 Å². The lowest BCUT2D eigenvalue weighted by molar-refractivity contribution is 0.0951. The third kappa shape index (κ3) is 3.39. The predicted molar refractivity (Wildman–Crippen MR) is 105 cm³/mol. The molecule has 6 nitrogen and oxygen atoms in total. The van der Waals surface area contributed by atoms with Gasteiger partial charge >= 0.3 is 0 Å². The van der Waals surface area contributed by atoms with Crippen LogP contribution in [0.2, 0.25) is 0 Å². The first kappa shape index (κ1) is 16.3. The van der Waals surface area contributed by atoms with E-state index >= 15 is 0 Å². The van der Waals surface area contributed by atoms with E-state index < -0.39 is 0 Å². The van der Waals surface area contributed by atoms with E-state index in [0.29, 0.717) is 11.6 Å². The lowest BCUT2D eigenvalue weighted by Crippen LogP contribution is -2.25. The molecule has 0 saturated heterocycles. The number of benzene rings is 1. The molecule has 2 saturated carbocycles. The van der Waals surface area contributed by atoms with Crippen molar-refractivity contribution in [2.45, 2.75) is 38.6 Å². The van der Waals surface area contributed by atoms with E-state index in [0.717, 1.165) is 53.6 Å². The van der Waals surface area contributed by atoms with Gasteiger partial charge in [0.1, 0.15) is 0 Å². The van der Waals surface area contributed by atoms with Crippen LogP contribution < -0.4 is 10.6 Å². The molecule has 1 amide bonds. The second-order valence-corrected chi connectivity index (χ2v) is 7.77. The molecular weight excluding hydrogens is 338 g/mol. The molecule has 0 spiro atoms. The van der Waals surface area contributed by atoms with Crippen LogP contribution in [-0.2, 0) is 0 Å². The lowest BCUT2D eigenvalue weighted by atomic mass is 9.98. The number of amides is 1. The predicted octanol–water partition coefficient (Wildman–Crippen LogP) is 3.42. The highest BCUT2D eigenvalue weighted by molar-refractivity contribution is 5.96. The van der Waals surface area contributed by atoms with Crippen LogP contribution in [0.15, 0.2) is 36.5 Å². The Morgan fingerprint density at radius 3 is 2.78 bits per heavy atom. The highest BCUT2D eigenvalue weighted by atomic mass is 16.1. The SMILES string of the molecule is Cc1ccc(C(=O)NC2CC2)cc1-c1ccn2c(NCC3CC3)nnc2c1. The largest absolute Gasteiger partial charge is 0.354 e. The van der Waals surface area contributed by atoms with Crippen LogP contribution >= 0.6 is 0 Å². The van der Waals surface area contributed by atoms with Crippen molar-refractivity contribution in [2.75, 3.05) is 11.9 Å². The fourth-order valence-electron chi connectivity index (χ4n) is 3.31. The van der Waals surface area contributed by atoms with Gasteiger partial charge in [-0.05, 0) is 79.5 Å². The van der Waals surface area contributed by atoms with Gasteiger partial charge < -0.3 is 10.6 Å². The van der Waals surface area contributed by atoms with Crippen molar-refractivity contribution in [1.82, 2.24) is 19.9 Å². The zero-order valence-corrected chi connectivity index (χ0v) is 15.4. The minimum atomic E-state index is 0.00821. The summed E-state index contributed by atoms with van der Waals surface area (Å²) >= 11 is 0. The van der Waals surface area contributed by atoms with Gasteiger partial charge in [-0.25, -0.2) is 0 Å². The molecule has 0 atom stereocenters. The molecule has 138 valence electrons. The van der Waals surface area contributed by atoms with E-state index in [4.69, 9.17) is 0 Å². The van der Waals surface area contributed by atoms with Crippen LogP contribution in [0.1, 0.15) is 41.6 Å². The van der Waals surface area contributed by atoms with Crippen molar-refractivity contribution in [1.29, 1.82) is 0 Å². The summed E-state index contributed by atoms with van der Waals surface area (Å²) < 4.78 is 1.98. The van der Waals surface area contributed by atoms with E-state index in [1.165, 1.54) is 12.8 Å². The number of carbonyl (C=O) groups excluding carboxylic acids is 1. The average molecular weight is 361 g/mol. The van der Waals surface area contributed by atoms with Crippen molar-refractivity contribution in [3.63, 3.8) is 0 Å². The summed E-state index contributed by atoms with van der Waals surface area (Å²) in [6.07, 6.45) is 6.78. The fraction of sp³-hybridized carbons (Fsp3) is 0.381. The smallest absolute Gasteiger partial charge is 0.251 e. The highest BCUT2D eigenvalue weighted by Crippen LogP contribution is 2.29. The van der Waals surface area contributed by atoms with Crippen LogP contribution in [0.25, 0.3) is 16.8 Å². The maximum Gasteiger partial charge on any atom is 0.251 e. The van der Waals surface area contributed by atoms with Crippen LogP contribution in [0.4, 0.5) is 5.95 Å². The molecule has 2 aliphatic carbocycles. The Bertz CT molecular complexity index is 1020. The standard InChI is InChI=1S/C21H23N5O/c1-13-2-5-16(20(27)23-17-6-7-17)10-18(13)15-8-9-26-19(11-15)24-25-21(26)22-12-14-3-4-14/h2,5,8-11,14,17H,3-4,6-7,12H2,1H3,(H,22,25)(H,23,27). The number of aromatic nitrogens is 3. The van der Waals surface area contributed by atoms with Crippen molar-refractivity contribution in [2.24, 2.45) is 5.92 Å². The molecule has 5 rings (SSSR count). The minimum Gasteiger partial charge on any atom is -0.354 e. The maximum absolute atomic E-state index is 12.4. The number of pyridine rings is 1. The summed E-state index contributed by atoms with van der Waals surface area (Å²) in [7, 11) is 0. The van der Waals surface area contributed by atoms with E-state index in [2.05, 4.69) is 33.8 Å². The van der Waals surface area contributed by atoms with E-state index in [1.807, 2.05) is 34.9 Å². The lowest BCUT2D eigenvalue weighted by Gasteiger charge is -2.10. The highest BCUT2D eigenvalue weighted by Gasteiger charge is 2.24. The Labute approximate surface area is 158 Å². The molecular formula is C21H23N5O. The average Bonchev–Trinajstić information content (AvgIpc) is 3.60. The molecule has 1 aromatic carbocycles. The Morgan fingerprint density at radius 1 is 1.15 bits per heavy atom. The second-order valence-electron chi connectivity index (χ2n) is 7.77. The molecule has 0 radical (unpaired) electrons. The quantitative estimate of drug-likeness (QED) is 0.706. The van der Waals surface area contributed by atoms with Gasteiger partial charge in [-0.15, -0.1) is 10.2 Å². The molecule has 6 heteroatoms. The molecule has 0 aliphatic heterocycles. The number of hydrogen-bond acceptors (Lipinski definition) is 4. The normalized spacial score (nSPS) is 16.5. The summed E-state index contributed by atoms with van der Waals surface area (Å²) in [6.45, 7) is 3.02. The maximum atomic E-state index is 12.4. The Kier molecular flexibility index (Phi) is 3.85. The topological polar surface area (TPSA) is 71.3 Å². The third-order valence-electron chi connectivity index (χ3n) is 5.38. The van der Waals surface area contributed by atoms with E-state index in [-0.39, 0.29) is 5.91 Å². The van der Waals surface area contributed by atoms with Gasteiger partial charge in [0.2, 0.25) is 5.95 Å². The molecule has 2 aliphatic rings. The zero-order chi connectivity index (χ0) is 18.4. The number of fused-ring (bicyclic) bond motifs is 1. The van der Waals surface area contributed by atoms with Gasteiger partial charge in [-0.2, -0.15) is 0 Å². The minimum absolute atomic E-state index is 0.00821. The summed E-state index contributed by atoms with van der Waals surface area (Å²) in [5.41, 5.74) is 4.74. The third-order valence-corrected chi connectivity index (χ3v) is 5.38. The summed E-state index contributed by atoms with van der Waals surface area (Å²) in [5.74, 6) is 1.58. The molecule has 2 heterocycles. The van der Waals surface area contributed by atoms with Crippen molar-refractivity contribution in [3.05, 3.63) is 47.7 Å². The number of rotatable bonds is 6. The van der Waals surface area contributed by atoms with Gasteiger partial charge in [0, 0.05) is 24.3 Å². The Balaban J connectivity index is 1.44. The van der Waals surface area contributed by atoms with Gasteiger partial charge in [0.05, 0.1) is 0 Å². The Hall–Kier alpha value is -2.89. The van der Waals surface area contributed by atoms with Crippen LogP contribution in [0, 0.1) is 12.8 Å². The molecule has 3 aromatic rings. The first-order valence-corrected chi connectivity index (χ1v) is 9.68. The monoisotopic (exact) mass is 361 g/mol. The van der Waals surface area contributed by atoms with Crippen LogP contribution in [0.3, 0.4) is 0 Å². The molecule has 2 N–H and O–H groups in total. The number of anilines is 1. The summed E-state index contributed by atoms with van der Waals surface area (Å²) in [6, 6.07) is 10.3. The molecule has 2 fully saturated rings. The first-order valence-electron chi connectivity index (χ1n) is 9.68. The number of nitrogens with zero attached hydrogens (tertiary/aromatic N) is 3. The zero-order valence-electron chi connectivity index (χ0n) is 15.4. The molecule has 0 unspecified atom stereocenters. The molecule has 0 bridgehead atoms. The first-order chi connectivity index (χ1) is 13.2. The number of carbonyl (C=O) groups is 1. The van der Waals surface area contributed by atoms with Crippen molar-refractivity contribution < 1.29 is 4.79 Å². The molecule has 27 heavy (non-hydrogen) atoms. The number of hydrogen-bond donors (Lipinski definition) is 2. The van der Waals surface area contributed by atoms with Gasteiger partial charge in [-0.1, -0.05) is 6.07 Å². The number of nitrogens with one attached hydrogen (secondary N) is 2. The number of aryl methyl sites for hydroxylation is 1. The fourth-order valence-corrected chi connectivity index (χ4v) is 3.31. The summed E-state index contributed by atoms with van der Waals surface area (Å²) in [5, 5.41) is 15.0.